The number of aliphatic hydroxyl groups excluding tert-OH is 1. The van der Waals surface area contributed by atoms with Gasteiger partial charge in [-0.05, 0) is 98.7 Å². The van der Waals surface area contributed by atoms with Gasteiger partial charge in [-0.3, -0.25) is 0 Å². The standard InChI is InChI=1S/C22H35NO2/c1-21-9-8-20-18(19(21)6-4-16(21)14-23)5-3-15-13-17(24)7-10-22(15,20)11-12-25-2/h15-20,24H,3-13H2,1-2H3/t15-,16+,17+,18-,19-,20-,21+,22+/m0/s1. The molecule has 0 aliphatic heterocycles. The highest BCUT2D eigenvalue weighted by atomic mass is 16.5. The summed E-state index contributed by atoms with van der Waals surface area (Å²) in [4.78, 5) is 0. The summed E-state index contributed by atoms with van der Waals surface area (Å²) >= 11 is 0. The number of hydrogen-bond donors (Lipinski definition) is 1. The first-order chi connectivity index (χ1) is 12.0. The fourth-order valence-corrected chi connectivity index (χ4v) is 8.03. The average Bonchev–Trinajstić information content (AvgIpc) is 2.96. The lowest BCUT2D eigenvalue weighted by Gasteiger charge is -2.62. The maximum atomic E-state index is 10.3. The molecule has 3 nitrogen and oxygen atoms in total. The molecule has 4 fully saturated rings. The lowest BCUT2D eigenvalue weighted by atomic mass is 9.43. The molecule has 0 saturated heterocycles. The van der Waals surface area contributed by atoms with E-state index in [4.69, 9.17) is 4.74 Å². The molecular formula is C22H35NO2. The van der Waals surface area contributed by atoms with Crippen LogP contribution in [0.5, 0.6) is 0 Å². The minimum Gasteiger partial charge on any atom is -0.393 e. The molecule has 0 bridgehead atoms. The molecule has 4 rings (SSSR count). The summed E-state index contributed by atoms with van der Waals surface area (Å²) in [6.07, 6.45) is 11.8. The van der Waals surface area contributed by atoms with Crippen molar-refractivity contribution in [3.63, 3.8) is 0 Å². The Bertz CT molecular complexity index is 539. The Kier molecular flexibility index (Phi) is 4.66. The van der Waals surface area contributed by atoms with Crippen LogP contribution in [0.25, 0.3) is 0 Å². The molecule has 0 unspecified atom stereocenters. The first-order valence-corrected chi connectivity index (χ1v) is 10.6. The van der Waals surface area contributed by atoms with E-state index in [1.54, 1.807) is 0 Å². The second-order valence-corrected chi connectivity index (χ2v) is 9.86. The van der Waals surface area contributed by atoms with Gasteiger partial charge in [0.2, 0.25) is 0 Å². The maximum Gasteiger partial charge on any atom is 0.0661 e. The summed E-state index contributed by atoms with van der Waals surface area (Å²) in [6, 6.07) is 2.65. The third kappa shape index (κ3) is 2.59. The van der Waals surface area contributed by atoms with Gasteiger partial charge in [0, 0.05) is 13.7 Å². The summed E-state index contributed by atoms with van der Waals surface area (Å²) in [5, 5.41) is 19.9. The predicted molar refractivity (Wildman–Crippen MR) is 97.7 cm³/mol. The van der Waals surface area contributed by atoms with Gasteiger partial charge in [-0.15, -0.1) is 0 Å². The number of aliphatic hydroxyl groups is 1. The summed E-state index contributed by atoms with van der Waals surface area (Å²) in [5.41, 5.74) is 0.656. The quantitative estimate of drug-likeness (QED) is 0.816. The molecule has 140 valence electrons. The van der Waals surface area contributed by atoms with Crippen LogP contribution in [0.2, 0.25) is 0 Å². The minimum absolute atomic E-state index is 0.0828. The molecule has 0 aromatic heterocycles. The number of ether oxygens (including phenoxy) is 1. The molecule has 3 heteroatoms. The van der Waals surface area contributed by atoms with Crippen LogP contribution < -0.4 is 0 Å². The van der Waals surface area contributed by atoms with Gasteiger partial charge in [-0.1, -0.05) is 6.92 Å². The van der Waals surface area contributed by atoms with Crippen molar-refractivity contribution in [1.29, 1.82) is 5.26 Å². The van der Waals surface area contributed by atoms with Crippen molar-refractivity contribution in [2.24, 2.45) is 40.4 Å². The van der Waals surface area contributed by atoms with Crippen molar-refractivity contribution >= 4 is 0 Å². The van der Waals surface area contributed by atoms with Gasteiger partial charge in [0.1, 0.15) is 0 Å². The van der Waals surface area contributed by atoms with Gasteiger partial charge in [0.15, 0.2) is 0 Å². The fourth-order valence-electron chi connectivity index (χ4n) is 8.03. The van der Waals surface area contributed by atoms with Crippen LogP contribution in [-0.2, 0) is 4.74 Å². The van der Waals surface area contributed by atoms with Crippen molar-refractivity contribution in [1.82, 2.24) is 0 Å². The topological polar surface area (TPSA) is 53.2 Å². The Balaban J connectivity index is 1.64. The molecule has 0 aromatic rings. The molecular weight excluding hydrogens is 310 g/mol. The molecule has 0 amide bonds. The Hall–Kier alpha value is -0.590. The lowest BCUT2D eigenvalue weighted by Crippen LogP contribution is -2.55. The third-order valence-corrected chi connectivity index (χ3v) is 9.26. The Morgan fingerprint density at radius 1 is 1.08 bits per heavy atom. The van der Waals surface area contributed by atoms with Crippen LogP contribution in [0, 0.1) is 51.8 Å². The van der Waals surface area contributed by atoms with E-state index < -0.39 is 0 Å². The van der Waals surface area contributed by atoms with Gasteiger partial charge in [0.05, 0.1) is 18.1 Å². The molecule has 25 heavy (non-hydrogen) atoms. The number of methoxy groups -OCH3 is 1. The van der Waals surface area contributed by atoms with E-state index in [0.717, 1.165) is 43.6 Å². The molecule has 0 radical (unpaired) electrons. The zero-order chi connectivity index (χ0) is 17.7. The SMILES string of the molecule is COCC[C@]12CC[C@@H](O)C[C@@H]1CC[C@H]1[C@@H]3CC[C@H](C#N)[C@@]3(C)CC[C@@H]12. The zero-order valence-electron chi connectivity index (χ0n) is 16.0. The predicted octanol–water partition coefficient (Wildman–Crippen LogP) is 4.55. The number of fused-ring (bicyclic) bond motifs is 5. The van der Waals surface area contributed by atoms with E-state index in [1.807, 2.05) is 7.11 Å². The van der Waals surface area contributed by atoms with Crippen molar-refractivity contribution in [3.8, 4) is 6.07 Å². The molecule has 0 spiro atoms. The lowest BCUT2D eigenvalue weighted by molar-refractivity contribution is -0.141. The van der Waals surface area contributed by atoms with Crippen molar-refractivity contribution in [3.05, 3.63) is 0 Å². The molecule has 4 aliphatic carbocycles. The molecule has 1 N–H and O–H groups in total. The van der Waals surface area contributed by atoms with Crippen LogP contribution in [0.4, 0.5) is 0 Å². The van der Waals surface area contributed by atoms with Crippen LogP contribution in [0.15, 0.2) is 0 Å². The van der Waals surface area contributed by atoms with Gasteiger partial charge in [-0.25, -0.2) is 0 Å². The minimum atomic E-state index is -0.0828. The zero-order valence-corrected chi connectivity index (χ0v) is 16.0. The van der Waals surface area contributed by atoms with Crippen LogP contribution in [0.1, 0.15) is 71.1 Å². The number of hydrogen-bond acceptors (Lipinski definition) is 3. The van der Waals surface area contributed by atoms with Gasteiger partial charge < -0.3 is 9.84 Å². The normalized spacial score (nSPS) is 51.9. The summed E-state index contributed by atoms with van der Waals surface area (Å²) in [6.45, 7) is 3.28. The monoisotopic (exact) mass is 345 g/mol. The molecule has 4 aliphatic rings. The van der Waals surface area contributed by atoms with E-state index in [2.05, 4.69) is 13.0 Å². The summed E-state index contributed by atoms with van der Waals surface area (Å²) < 4.78 is 5.53. The Morgan fingerprint density at radius 3 is 2.68 bits per heavy atom. The smallest absolute Gasteiger partial charge is 0.0661 e. The third-order valence-electron chi connectivity index (χ3n) is 9.26. The fraction of sp³-hybridized carbons (Fsp3) is 0.955. The molecule has 0 aromatic carbocycles. The average molecular weight is 346 g/mol. The Labute approximate surface area is 153 Å². The van der Waals surface area contributed by atoms with E-state index in [-0.39, 0.29) is 17.4 Å². The van der Waals surface area contributed by atoms with Crippen molar-refractivity contribution < 1.29 is 9.84 Å². The highest BCUT2D eigenvalue weighted by Crippen LogP contribution is 2.68. The van der Waals surface area contributed by atoms with Gasteiger partial charge >= 0.3 is 0 Å². The Morgan fingerprint density at radius 2 is 1.92 bits per heavy atom. The van der Waals surface area contributed by atoms with E-state index >= 15 is 0 Å². The molecule has 4 saturated carbocycles. The van der Waals surface area contributed by atoms with Crippen LogP contribution in [0.3, 0.4) is 0 Å². The number of nitriles is 1. The maximum absolute atomic E-state index is 10.3. The van der Waals surface area contributed by atoms with Crippen LogP contribution in [-0.4, -0.2) is 24.9 Å². The molecule has 8 atom stereocenters. The largest absolute Gasteiger partial charge is 0.393 e. The highest BCUT2D eigenvalue weighted by Gasteiger charge is 2.61. The first-order valence-electron chi connectivity index (χ1n) is 10.6. The van der Waals surface area contributed by atoms with Gasteiger partial charge in [0.25, 0.3) is 0 Å². The van der Waals surface area contributed by atoms with E-state index in [1.165, 1.54) is 44.9 Å². The van der Waals surface area contributed by atoms with Crippen molar-refractivity contribution in [2.75, 3.05) is 13.7 Å². The van der Waals surface area contributed by atoms with Crippen LogP contribution >= 0.6 is 0 Å². The van der Waals surface area contributed by atoms with E-state index in [9.17, 15) is 10.4 Å². The van der Waals surface area contributed by atoms with E-state index in [0.29, 0.717) is 11.3 Å². The second-order valence-electron chi connectivity index (χ2n) is 9.86. The number of rotatable bonds is 3. The summed E-state index contributed by atoms with van der Waals surface area (Å²) in [7, 11) is 1.83. The number of nitrogens with zero attached hydrogens (tertiary/aromatic N) is 1. The molecule has 0 heterocycles. The van der Waals surface area contributed by atoms with Crippen molar-refractivity contribution in [2.45, 2.75) is 77.2 Å². The summed E-state index contributed by atoms with van der Waals surface area (Å²) in [5.74, 6) is 3.32. The second kappa shape index (κ2) is 6.54. The first kappa shape index (κ1) is 17.8. The highest BCUT2D eigenvalue weighted by molar-refractivity contribution is 5.13. The van der Waals surface area contributed by atoms with Gasteiger partial charge in [-0.2, -0.15) is 5.26 Å².